The molecule has 0 aliphatic carbocycles. The number of amides is 1. The van der Waals surface area contributed by atoms with Gasteiger partial charge in [0.2, 0.25) is 0 Å². The van der Waals surface area contributed by atoms with Crippen LogP contribution in [0, 0.1) is 0 Å². The number of hydrogen-bond acceptors (Lipinski definition) is 4. The number of ether oxygens (including phenoxy) is 1. The molecule has 7 heteroatoms. The van der Waals surface area contributed by atoms with E-state index < -0.39 is 0 Å². The third-order valence-corrected chi connectivity index (χ3v) is 4.15. The topological polar surface area (TPSA) is 77.2 Å². The molecule has 132 valence electrons. The van der Waals surface area contributed by atoms with Gasteiger partial charge in [-0.05, 0) is 36.4 Å². The Labute approximate surface area is 160 Å². The fourth-order valence-electron chi connectivity index (χ4n) is 2.29. The highest BCUT2D eigenvalue weighted by molar-refractivity contribution is 6.34. The normalized spacial score (nSPS) is 10.4. The van der Waals surface area contributed by atoms with E-state index in [9.17, 15) is 4.79 Å². The summed E-state index contributed by atoms with van der Waals surface area (Å²) in [5.41, 5.74) is 7.73. The summed E-state index contributed by atoms with van der Waals surface area (Å²) in [6.07, 6.45) is 1.59. The highest BCUT2D eigenvalue weighted by atomic mass is 35.5. The van der Waals surface area contributed by atoms with Crippen molar-refractivity contribution in [3.05, 3.63) is 82.1 Å². The van der Waals surface area contributed by atoms with Gasteiger partial charge in [0.15, 0.2) is 0 Å². The van der Waals surface area contributed by atoms with Crippen LogP contribution in [0.1, 0.15) is 16.1 Å². The summed E-state index contributed by atoms with van der Waals surface area (Å²) in [6.45, 7) is 0.0634. The zero-order valence-electron chi connectivity index (χ0n) is 13.6. The van der Waals surface area contributed by atoms with E-state index in [0.29, 0.717) is 38.4 Å². The smallest absolute Gasteiger partial charge is 0.257 e. The Morgan fingerprint density at radius 2 is 1.92 bits per heavy atom. The van der Waals surface area contributed by atoms with E-state index in [2.05, 4.69) is 10.3 Å². The van der Waals surface area contributed by atoms with Gasteiger partial charge < -0.3 is 15.8 Å². The second-order valence-corrected chi connectivity index (χ2v) is 6.25. The summed E-state index contributed by atoms with van der Waals surface area (Å²) < 4.78 is 5.68. The van der Waals surface area contributed by atoms with Gasteiger partial charge in [-0.2, -0.15) is 0 Å². The van der Waals surface area contributed by atoms with Crippen LogP contribution in [-0.4, -0.2) is 10.9 Å². The van der Waals surface area contributed by atoms with Crippen LogP contribution >= 0.6 is 23.2 Å². The van der Waals surface area contributed by atoms with E-state index in [0.717, 1.165) is 0 Å². The number of para-hydroxylation sites is 2. The Bertz CT molecular complexity index is 948. The molecule has 0 saturated carbocycles. The van der Waals surface area contributed by atoms with Crippen molar-refractivity contribution in [2.75, 3.05) is 11.1 Å². The van der Waals surface area contributed by atoms with Crippen molar-refractivity contribution in [1.29, 1.82) is 0 Å². The average Bonchev–Trinajstić information content (AvgIpc) is 2.64. The average molecular weight is 388 g/mol. The van der Waals surface area contributed by atoms with Crippen molar-refractivity contribution in [2.45, 2.75) is 6.61 Å². The maximum atomic E-state index is 12.6. The van der Waals surface area contributed by atoms with Gasteiger partial charge in [-0.15, -0.1) is 0 Å². The number of benzene rings is 2. The van der Waals surface area contributed by atoms with Crippen molar-refractivity contribution in [2.24, 2.45) is 0 Å². The van der Waals surface area contributed by atoms with Gasteiger partial charge >= 0.3 is 0 Å². The summed E-state index contributed by atoms with van der Waals surface area (Å²) in [5, 5.41) is 3.71. The summed E-state index contributed by atoms with van der Waals surface area (Å²) in [7, 11) is 0. The lowest BCUT2D eigenvalue weighted by Crippen LogP contribution is -2.17. The molecule has 1 aromatic heterocycles. The summed E-state index contributed by atoms with van der Waals surface area (Å²) >= 11 is 12.0. The van der Waals surface area contributed by atoms with Crippen molar-refractivity contribution in [1.82, 2.24) is 4.98 Å². The molecule has 3 rings (SSSR count). The molecule has 5 nitrogen and oxygen atoms in total. The third-order valence-electron chi connectivity index (χ3n) is 3.60. The molecule has 3 aromatic rings. The zero-order valence-corrected chi connectivity index (χ0v) is 15.1. The summed E-state index contributed by atoms with van der Waals surface area (Å²) in [4.78, 5) is 16.8. The van der Waals surface area contributed by atoms with Gasteiger partial charge in [0.25, 0.3) is 5.91 Å². The van der Waals surface area contributed by atoms with Gasteiger partial charge in [-0.25, -0.2) is 0 Å². The number of carbonyl (C=O) groups excluding carboxylic acids is 1. The first-order valence-electron chi connectivity index (χ1n) is 7.72. The molecule has 2 aromatic carbocycles. The van der Waals surface area contributed by atoms with Gasteiger partial charge in [-0.1, -0.05) is 35.3 Å². The fourth-order valence-corrected chi connectivity index (χ4v) is 2.63. The Morgan fingerprint density at radius 1 is 1.12 bits per heavy atom. The number of hydrogen-bond donors (Lipinski definition) is 2. The fraction of sp³-hybridized carbons (Fsp3) is 0.0526. The van der Waals surface area contributed by atoms with E-state index in [1.54, 1.807) is 60.8 Å². The van der Waals surface area contributed by atoms with Gasteiger partial charge in [0.1, 0.15) is 12.4 Å². The Kier molecular flexibility index (Phi) is 5.61. The van der Waals surface area contributed by atoms with Gasteiger partial charge in [0.05, 0.1) is 27.7 Å². The predicted octanol–water partition coefficient (Wildman–Crippen LogP) is 4.80. The van der Waals surface area contributed by atoms with Crippen molar-refractivity contribution < 1.29 is 9.53 Å². The number of anilines is 2. The van der Waals surface area contributed by atoms with Crippen molar-refractivity contribution in [3.63, 3.8) is 0 Å². The van der Waals surface area contributed by atoms with E-state index in [1.165, 1.54) is 0 Å². The van der Waals surface area contributed by atoms with Crippen molar-refractivity contribution in [3.8, 4) is 5.75 Å². The van der Waals surface area contributed by atoms with Crippen LogP contribution in [0.15, 0.2) is 60.8 Å². The van der Waals surface area contributed by atoms with Crippen LogP contribution in [0.2, 0.25) is 10.0 Å². The number of nitrogens with two attached hydrogens (primary N) is 1. The van der Waals surface area contributed by atoms with Gasteiger partial charge in [0, 0.05) is 17.3 Å². The largest absolute Gasteiger partial charge is 0.486 e. The molecule has 3 N–H and O–H groups in total. The molecule has 1 amide bonds. The lowest BCUT2D eigenvalue weighted by Gasteiger charge is -2.12. The minimum atomic E-state index is -0.327. The van der Waals surface area contributed by atoms with Crippen molar-refractivity contribution >= 4 is 40.5 Å². The van der Waals surface area contributed by atoms with Gasteiger partial charge in [-0.3, -0.25) is 9.78 Å². The Hall–Kier alpha value is -2.76. The molecular formula is C19H15Cl2N3O2. The molecule has 0 saturated heterocycles. The molecular weight excluding hydrogens is 373 g/mol. The molecule has 1 heterocycles. The van der Waals surface area contributed by atoms with Crippen LogP contribution in [0.25, 0.3) is 0 Å². The number of carbonyl (C=O) groups is 1. The number of nitrogens with zero attached hydrogens (tertiary/aromatic N) is 1. The number of pyridine rings is 1. The number of halogens is 2. The first-order chi connectivity index (χ1) is 12.5. The Morgan fingerprint density at radius 3 is 2.73 bits per heavy atom. The number of nitrogens with one attached hydrogen (secondary N) is 1. The van der Waals surface area contributed by atoms with Crippen LogP contribution in [0.3, 0.4) is 0 Å². The lowest BCUT2D eigenvalue weighted by molar-refractivity contribution is 0.102. The van der Waals surface area contributed by atoms with E-state index >= 15 is 0 Å². The second kappa shape index (κ2) is 8.08. The highest BCUT2D eigenvalue weighted by Gasteiger charge is 2.14. The van der Waals surface area contributed by atoms with Crippen LogP contribution in [0.5, 0.6) is 5.75 Å². The van der Waals surface area contributed by atoms with E-state index in [-0.39, 0.29) is 12.5 Å². The van der Waals surface area contributed by atoms with Crippen LogP contribution in [-0.2, 0) is 6.61 Å². The predicted molar refractivity (Wildman–Crippen MR) is 104 cm³/mol. The molecule has 0 fully saturated rings. The summed E-state index contributed by atoms with van der Waals surface area (Å²) in [6, 6.07) is 15.3. The molecule has 0 unspecified atom stereocenters. The summed E-state index contributed by atoms with van der Waals surface area (Å²) in [5.74, 6) is 0.0928. The van der Waals surface area contributed by atoms with Crippen LogP contribution < -0.4 is 15.8 Å². The first-order valence-corrected chi connectivity index (χ1v) is 8.48. The van der Waals surface area contributed by atoms with Crippen LogP contribution in [0.4, 0.5) is 11.4 Å². The molecule has 0 radical (unpaired) electrons. The molecule has 0 aliphatic heterocycles. The lowest BCUT2D eigenvalue weighted by atomic mass is 10.1. The molecule has 0 aliphatic rings. The highest BCUT2D eigenvalue weighted by Crippen LogP contribution is 2.28. The van der Waals surface area contributed by atoms with E-state index in [1.807, 2.05) is 0 Å². The minimum Gasteiger partial charge on any atom is -0.486 e. The Balaban J connectivity index is 1.78. The minimum absolute atomic E-state index is 0.0634. The molecule has 0 spiro atoms. The molecule has 26 heavy (non-hydrogen) atoms. The third kappa shape index (κ3) is 4.25. The first kappa shape index (κ1) is 18.0. The maximum absolute atomic E-state index is 12.6. The standard InChI is InChI=1S/C19H15Cl2N3O2/c20-12-7-8-14(21)18(10-12)26-11-17-13(4-3-9-23-17)19(25)24-16-6-2-1-5-15(16)22/h1-10H,11,22H2,(H,24,25). The second-order valence-electron chi connectivity index (χ2n) is 5.40. The SMILES string of the molecule is Nc1ccccc1NC(=O)c1cccnc1COc1cc(Cl)ccc1Cl. The molecule has 0 bridgehead atoms. The molecule has 0 atom stereocenters. The van der Waals surface area contributed by atoms with E-state index in [4.69, 9.17) is 33.7 Å². The maximum Gasteiger partial charge on any atom is 0.257 e. The number of rotatable bonds is 5. The quantitative estimate of drug-likeness (QED) is 0.616. The number of aromatic nitrogens is 1. The number of nitrogen functional groups attached to an aromatic ring is 1. The zero-order chi connectivity index (χ0) is 18.5. The monoisotopic (exact) mass is 387 g/mol.